The Kier molecular flexibility index (Phi) is 9.10. The zero-order valence-corrected chi connectivity index (χ0v) is 33.1. The van der Waals surface area contributed by atoms with Crippen molar-refractivity contribution in [2.75, 3.05) is 0 Å². The molecule has 2 aromatic heterocycles. The van der Waals surface area contributed by atoms with Crippen molar-refractivity contribution in [2.24, 2.45) is 0 Å². The monoisotopic (exact) mass is 779 g/mol. The maximum absolute atomic E-state index is 5.35. The summed E-state index contributed by atoms with van der Waals surface area (Å²) in [4.78, 5) is 15.5. The first-order valence-electron chi connectivity index (χ1n) is 20.5. The van der Waals surface area contributed by atoms with Gasteiger partial charge in [-0.3, -0.25) is 0 Å². The standard InChI is InChI=1S/C56H37N5/c1-5-17-38(18-6-1)43-24-15-26-46(35-43)55-57-54(58-56(59-55)47-27-16-25-44(36-47)39-19-7-2-8-20-39)42-33-31-40(32-34-42)50-37-45-23-13-14-30-49(45)53-51(50)52(41-21-9-3-10-22-41)60-61(53)48-28-11-4-12-29-48/h1-37H. The number of hydrogen-bond acceptors (Lipinski definition) is 4. The summed E-state index contributed by atoms with van der Waals surface area (Å²) in [6.45, 7) is 0. The molecular formula is C56H37N5. The second-order valence-corrected chi connectivity index (χ2v) is 15.1. The summed E-state index contributed by atoms with van der Waals surface area (Å²) in [6, 6.07) is 78.1. The van der Waals surface area contributed by atoms with Gasteiger partial charge < -0.3 is 0 Å². The molecule has 0 N–H and O–H groups in total. The predicted octanol–water partition coefficient (Wildman–Crippen LogP) is 14.0. The first kappa shape index (κ1) is 35.8. The number of rotatable bonds is 8. The number of hydrogen-bond donors (Lipinski definition) is 0. The average Bonchev–Trinajstić information content (AvgIpc) is 3.76. The van der Waals surface area contributed by atoms with Crippen molar-refractivity contribution < 1.29 is 0 Å². The van der Waals surface area contributed by atoms with Crippen LogP contribution < -0.4 is 0 Å². The molecule has 0 unspecified atom stereocenters. The third kappa shape index (κ3) is 6.84. The molecule has 0 saturated heterocycles. The van der Waals surface area contributed by atoms with Gasteiger partial charge in [0.1, 0.15) is 5.69 Å². The second-order valence-electron chi connectivity index (χ2n) is 15.1. The van der Waals surface area contributed by atoms with Crippen LogP contribution in [0, 0.1) is 0 Å². The number of fused-ring (bicyclic) bond motifs is 3. The minimum Gasteiger partial charge on any atom is -0.232 e. The fourth-order valence-electron chi connectivity index (χ4n) is 8.27. The summed E-state index contributed by atoms with van der Waals surface area (Å²) in [7, 11) is 0. The highest BCUT2D eigenvalue weighted by molar-refractivity contribution is 6.17. The Balaban J connectivity index is 1.08. The minimum absolute atomic E-state index is 0.604. The van der Waals surface area contributed by atoms with Crippen molar-refractivity contribution >= 4 is 21.7 Å². The number of nitrogens with zero attached hydrogens (tertiary/aromatic N) is 5. The molecule has 11 rings (SSSR count). The van der Waals surface area contributed by atoms with Crippen LogP contribution >= 0.6 is 0 Å². The highest BCUT2D eigenvalue weighted by Gasteiger charge is 2.21. The van der Waals surface area contributed by atoms with Gasteiger partial charge >= 0.3 is 0 Å². The molecule has 0 spiro atoms. The number of para-hydroxylation sites is 1. The summed E-state index contributed by atoms with van der Waals surface area (Å²) in [6.07, 6.45) is 0. The Morgan fingerprint density at radius 2 is 0.754 bits per heavy atom. The molecule has 0 aliphatic carbocycles. The molecule has 5 heteroatoms. The van der Waals surface area contributed by atoms with E-state index in [9.17, 15) is 0 Å². The fourth-order valence-corrected chi connectivity index (χ4v) is 8.27. The van der Waals surface area contributed by atoms with E-state index in [1.165, 1.54) is 0 Å². The summed E-state index contributed by atoms with van der Waals surface area (Å²) in [5.74, 6) is 1.83. The zero-order chi connectivity index (χ0) is 40.5. The molecule has 5 nitrogen and oxygen atoms in total. The van der Waals surface area contributed by atoms with Gasteiger partial charge in [-0.1, -0.05) is 194 Å². The normalized spacial score (nSPS) is 11.3. The van der Waals surface area contributed by atoms with Crippen LogP contribution in [-0.4, -0.2) is 24.7 Å². The molecule has 0 bridgehead atoms. The van der Waals surface area contributed by atoms with Crippen LogP contribution in [0.1, 0.15) is 0 Å². The Morgan fingerprint density at radius 3 is 1.33 bits per heavy atom. The Morgan fingerprint density at radius 1 is 0.311 bits per heavy atom. The van der Waals surface area contributed by atoms with E-state index in [4.69, 9.17) is 20.1 Å². The highest BCUT2D eigenvalue weighted by atomic mass is 15.3. The van der Waals surface area contributed by atoms with Gasteiger partial charge in [0.15, 0.2) is 17.5 Å². The molecule has 0 fully saturated rings. The van der Waals surface area contributed by atoms with Crippen LogP contribution in [-0.2, 0) is 0 Å². The maximum atomic E-state index is 5.35. The Bertz CT molecular complexity index is 3220. The smallest absolute Gasteiger partial charge is 0.164 e. The van der Waals surface area contributed by atoms with Crippen molar-refractivity contribution in [2.45, 2.75) is 0 Å². The van der Waals surface area contributed by atoms with Crippen molar-refractivity contribution in [3.8, 4) is 84.5 Å². The van der Waals surface area contributed by atoms with E-state index in [-0.39, 0.29) is 0 Å². The summed E-state index contributed by atoms with van der Waals surface area (Å²) in [5, 5.41) is 8.74. The molecule has 9 aromatic carbocycles. The molecule has 0 amide bonds. The number of benzene rings is 9. The molecule has 0 atom stereocenters. The van der Waals surface area contributed by atoms with E-state index in [0.717, 1.165) is 88.7 Å². The third-order valence-corrected chi connectivity index (χ3v) is 11.3. The van der Waals surface area contributed by atoms with E-state index in [1.807, 2.05) is 24.3 Å². The SMILES string of the molecule is c1ccc(-c2cccc(-c3nc(-c4ccc(-c5cc6ccccc6c6c5c(-c5ccccc5)nn6-c5ccccc5)cc4)nc(-c4cccc(-c5ccccc5)c4)n3)c2)cc1. The lowest BCUT2D eigenvalue weighted by atomic mass is 9.93. The van der Waals surface area contributed by atoms with Gasteiger partial charge in [0, 0.05) is 33.0 Å². The van der Waals surface area contributed by atoms with Gasteiger partial charge in [-0.15, -0.1) is 0 Å². The van der Waals surface area contributed by atoms with Crippen molar-refractivity contribution in [3.63, 3.8) is 0 Å². The molecule has 61 heavy (non-hydrogen) atoms. The van der Waals surface area contributed by atoms with Gasteiger partial charge in [-0.2, -0.15) is 5.10 Å². The van der Waals surface area contributed by atoms with Crippen LogP contribution in [0.15, 0.2) is 224 Å². The van der Waals surface area contributed by atoms with Crippen molar-refractivity contribution in [1.29, 1.82) is 0 Å². The first-order valence-corrected chi connectivity index (χ1v) is 20.5. The lowest BCUT2D eigenvalue weighted by molar-refractivity contribution is 0.918. The van der Waals surface area contributed by atoms with E-state index in [1.54, 1.807) is 0 Å². The third-order valence-electron chi connectivity index (χ3n) is 11.3. The van der Waals surface area contributed by atoms with Gasteiger partial charge in [0.2, 0.25) is 0 Å². The highest BCUT2D eigenvalue weighted by Crippen LogP contribution is 2.42. The topological polar surface area (TPSA) is 56.5 Å². The predicted molar refractivity (Wildman–Crippen MR) is 250 cm³/mol. The number of aromatic nitrogens is 5. The van der Waals surface area contributed by atoms with Crippen LogP contribution in [0.2, 0.25) is 0 Å². The zero-order valence-electron chi connectivity index (χ0n) is 33.1. The van der Waals surface area contributed by atoms with Gasteiger partial charge in [0.25, 0.3) is 0 Å². The molecule has 0 saturated carbocycles. The maximum Gasteiger partial charge on any atom is 0.164 e. The van der Waals surface area contributed by atoms with Crippen molar-refractivity contribution in [3.05, 3.63) is 224 Å². The largest absolute Gasteiger partial charge is 0.232 e. The lowest BCUT2D eigenvalue weighted by Crippen LogP contribution is -2.00. The van der Waals surface area contributed by atoms with Crippen LogP contribution in [0.5, 0.6) is 0 Å². The van der Waals surface area contributed by atoms with E-state index < -0.39 is 0 Å². The molecule has 11 aromatic rings. The van der Waals surface area contributed by atoms with Crippen molar-refractivity contribution in [1.82, 2.24) is 24.7 Å². The van der Waals surface area contributed by atoms with Crippen LogP contribution in [0.4, 0.5) is 0 Å². The molecule has 0 radical (unpaired) electrons. The van der Waals surface area contributed by atoms with Gasteiger partial charge in [-0.25, -0.2) is 19.6 Å². The van der Waals surface area contributed by atoms with Gasteiger partial charge in [0.05, 0.1) is 11.2 Å². The molecule has 0 aliphatic rings. The fraction of sp³-hybridized carbons (Fsp3) is 0. The lowest BCUT2D eigenvalue weighted by Gasteiger charge is -2.12. The minimum atomic E-state index is 0.604. The quantitative estimate of drug-likeness (QED) is 0.154. The van der Waals surface area contributed by atoms with Crippen LogP contribution in [0.25, 0.3) is 106 Å². The summed E-state index contributed by atoms with van der Waals surface area (Å²) < 4.78 is 2.10. The van der Waals surface area contributed by atoms with Gasteiger partial charge in [-0.05, 0) is 69.1 Å². The van der Waals surface area contributed by atoms with E-state index >= 15 is 0 Å². The average molecular weight is 780 g/mol. The molecule has 2 heterocycles. The molecule has 286 valence electrons. The molecule has 0 aliphatic heterocycles. The summed E-state index contributed by atoms with van der Waals surface area (Å²) in [5.41, 5.74) is 13.5. The van der Waals surface area contributed by atoms with E-state index in [2.05, 4.69) is 205 Å². The Hall–Kier alpha value is -8.28. The molecular weight excluding hydrogens is 743 g/mol. The Labute approximate surface area is 354 Å². The second kappa shape index (κ2) is 15.5. The first-order chi connectivity index (χ1) is 30.2. The van der Waals surface area contributed by atoms with Crippen LogP contribution in [0.3, 0.4) is 0 Å². The summed E-state index contributed by atoms with van der Waals surface area (Å²) >= 11 is 0. The van der Waals surface area contributed by atoms with E-state index in [0.29, 0.717) is 17.5 Å².